The van der Waals surface area contributed by atoms with Crippen molar-refractivity contribution >= 4 is 39.8 Å². The van der Waals surface area contributed by atoms with Gasteiger partial charge < -0.3 is 34.8 Å². The van der Waals surface area contributed by atoms with Crippen molar-refractivity contribution < 1.29 is 34.1 Å². The molecule has 0 saturated carbocycles. The number of phenolic OH excluding ortho intramolecular Hbond substituents is 3. The highest BCUT2D eigenvalue weighted by atomic mass is 16.5. The maximum atomic E-state index is 12.8. The molecule has 5 rings (SSSR count). The molecule has 0 aliphatic carbocycles. The number of carbonyl (C=O) groups is 2. The standard InChI is InChI=1S/C29H24N2O7/c1-37-29(36)22(12-18-15-30-21-5-3-2-4-19(18)21)31-27(35)11-8-16-6-10-24(33)28-20(16)14-26(38-28)17-7-9-23(32)25(34)13-17/h2-11,13-15,22,30,32-34H,12H2,1H3,(H,31,35)/b11-8+/t22-/m0/s1. The van der Waals surface area contributed by atoms with Crippen molar-refractivity contribution in [2.75, 3.05) is 7.11 Å². The number of nitrogens with one attached hydrogen (secondary N) is 2. The van der Waals surface area contributed by atoms with Crippen molar-refractivity contribution in [3.63, 3.8) is 0 Å². The Morgan fingerprint density at radius 1 is 1.00 bits per heavy atom. The van der Waals surface area contributed by atoms with Gasteiger partial charge in [-0.15, -0.1) is 0 Å². The van der Waals surface area contributed by atoms with Crippen LogP contribution in [0.4, 0.5) is 0 Å². The van der Waals surface area contributed by atoms with Crippen molar-refractivity contribution in [1.29, 1.82) is 0 Å². The van der Waals surface area contributed by atoms with Crippen LogP contribution in [-0.2, 0) is 20.7 Å². The van der Waals surface area contributed by atoms with Gasteiger partial charge in [0.05, 0.1) is 7.11 Å². The molecule has 0 aliphatic heterocycles. The smallest absolute Gasteiger partial charge is 0.328 e. The maximum absolute atomic E-state index is 12.8. The van der Waals surface area contributed by atoms with Gasteiger partial charge in [0.2, 0.25) is 5.91 Å². The molecular formula is C29H24N2O7. The van der Waals surface area contributed by atoms with E-state index in [9.17, 15) is 24.9 Å². The Hall–Kier alpha value is -5.18. The number of esters is 1. The van der Waals surface area contributed by atoms with Crippen LogP contribution in [0.5, 0.6) is 17.2 Å². The first-order chi connectivity index (χ1) is 18.3. The van der Waals surface area contributed by atoms with Gasteiger partial charge in [-0.05, 0) is 53.6 Å². The predicted molar refractivity (Wildman–Crippen MR) is 142 cm³/mol. The molecule has 0 unspecified atom stereocenters. The van der Waals surface area contributed by atoms with Crippen molar-refractivity contribution in [3.05, 3.63) is 84.1 Å². The number of ether oxygens (including phenoxy) is 1. The number of carbonyl (C=O) groups excluding carboxylic acids is 2. The quantitative estimate of drug-likeness (QED) is 0.122. The molecule has 0 fully saturated rings. The molecule has 2 heterocycles. The lowest BCUT2D eigenvalue weighted by atomic mass is 10.0. The minimum Gasteiger partial charge on any atom is -0.504 e. The van der Waals surface area contributed by atoms with Crippen LogP contribution in [-0.4, -0.2) is 45.3 Å². The molecule has 1 atom stereocenters. The highest BCUT2D eigenvalue weighted by molar-refractivity contribution is 5.99. The highest BCUT2D eigenvalue weighted by Crippen LogP contribution is 2.37. The number of amides is 1. The van der Waals surface area contributed by atoms with E-state index in [-0.39, 0.29) is 29.3 Å². The van der Waals surface area contributed by atoms with Crippen molar-refractivity contribution in [2.24, 2.45) is 0 Å². The fraction of sp³-hybridized carbons (Fsp3) is 0.103. The van der Waals surface area contributed by atoms with Gasteiger partial charge in [0.15, 0.2) is 22.8 Å². The number of benzene rings is 3. The maximum Gasteiger partial charge on any atom is 0.328 e. The lowest BCUT2D eigenvalue weighted by Gasteiger charge is -2.15. The molecule has 5 N–H and O–H groups in total. The summed E-state index contributed by atoms with van der Waals surface area (Å²) < 4.78 is 10.7. The summed E-state index contributed by atoms with van der Waals surface area (Å²) in [6, 6.07) is 15.7. The van der Waals surface area contributed by atoms with Gasteiger partial charge in [-0.2, -0.15) is 0 Å². The second-order valence-corrected chi connectivity index (χ2v) is 8.71. The molecule has 0 saturated heterocycles. The van der Waals surface area contributed by atoms with E-state index in [0.29, 0.717) is 22.3 Å². The molecule has 1 amide bonds. The topological polar surface area (TPSA) is 145 Å². The van der Waals surface area contributed by atoms with E-state index in [1.807, 2.05) is 24.3 Å². The zero-order valence-corrected chi connectivity index (χ0v) is 20.3. The molecule has 5 aromatic rings. The molecule has 3 aromatic carbocycles. The van der Waals surface area contributed by atoms with Gasteiger partial charge >= 0.3 is 5.97 Å². The third-order valence-corrected chi connectivity index (χ3v) is 6.27. The number of fused-ring (bicyclic) bond motifs is 2. The Morgan fingerprint density at radius 2 is 1.79 bits per heavy atom. The minimum atomic E-state index is -0.904. The molecule has 2 aromatic heterocycles. The summed E-state index contributed by atoms with van der Waals surface area (Å²) in [5, 5.41) is 33.9. The summed E-state index contributed by atoms with van der Waals surface area (Å²) >= 11 is 0. The van der Waals surface area contributed by atoms with Gasteiger partial charge in [0.1, 0.15) is 11.8 Å². The zero-order chi connectivity index (χ0) is 26.8. The largest absolute Gasteiger partial charge is 0.504 e. The molecule has 38 heavy (non-hydrogen) atoms. The van der Waals surface area contributed by atoms with Crippen LogP contribution in [0.25, 0.3) is 39.3 Å². The number of hydrogen-bond acceptors (Lipinski definition) is 7. The fourth-order valence-electron chi connectivity index (χ4n) is 4.34. The molecule has 0 aliphatic rings. The number of methoxy groups -OCH3 is 1. The van der Waals surface area contributed by atoms with Crippen LogP contribution in [0.1, 0.15) is 11.1 Å². The fourth-order valence-corrected chi connectivity index (χ4v) is 4.34. The number of hydrogen-bond donors (Lipinski definition) is 5. The Kier molecular flexibility index (Phi) is 6.49. The van der Waals surface area contributed by atoms with E-state index in [1.165, 1.54) is 31.4 Å². The van der Waals surface area contributed by atoms with Crippen LogP contribution < -0.4 is 5.32 Å². The molecule has 0 radical (unpaired) electrons. The number of H-pyrrole nitrogens is 1. The van der Waals surface area contributed by atoms with Gasteiger partial charge in [-0.1, -0.05) is 24.3 Å². The minimum absolute atomic E-state index is 0.0969. The predicted octanol–water partition coefficient (Wildman–Crippen LogP) is 4.61. The number of phenols is 3. The molecule has 9 heteroatoms. The summed E-state index contributed by atoms with van der Waals surface area (Å²) in [5.74, 6) is -1.40. The van der Waals surface area contributed by atoms with Crippen molar-refractivity contribution in [3.8, 4) is 28.6 Å². The summed E-state index contributed by atoms with van der Waals surface area (Å²) in [6.07, 6.45) is 4.88. The summed E-state index contributed by atoms with van der Waals surface area (Å²) in [5.41, 5.74) is 3.06. The van der Waals surface area contributed by atoms with E-state index < -0.39 is 17.9 Å². The average Bonchev–Trinajstić information content (AvgIpc) is 3.55. The van der Waals surface area contributed by atoms with E-state index in [2.05, 4.69) is 10.3 Å². The SMILES string of the molecule is COC(=O)[C@H](Cc1c[nH]c2ccccc12)NC(=O)/C=C/c1ccc(O)c2oc(-c3ccc(O)c(O)c3)cc12. The van der Waals surface area contributed by atoms with Crippen LogP contribution >= 0.6 is 0 Å². The number of furan rings is 1. The lowest BCUT2D eigenvalue weighted by Crippen LogP contribution is -2.42. The third-order valence-electron chi connectivity index (χ3n) is 6.27. The van der Waals surface area contributed by atoms with E-state index >= 15 is 0 Å². The first-order valence-corrected chi connectivity index (χ1v) is 11.7. The van der Waals surface area contributed by atoms with Crippen LogP contribution in [0.15, 0.2) is 77.4 Å². The number of aromatic amines is 1. The van der Waals surface area contributed by atoms with E-state index in [0.717, 1.165) is 16.5 Å². The Balaban J connectivity index is 1.38. The van der Waals surface area contributed by atoms with Gasteiger partial charge in [0, 0.05) is 40.5 Å². The molecular weight excluding hydrogens is 488 g/mol. The molecule has 9 nitrogen and oxygen atoms in total. The van der Waals surface area contributed by atoms with Gasteiger partial charge in [-0.3, -0.25) is 4.79 Å². The van der Waals surface area contributed by atoms with E-state index in [4.69, 9.17) is 9.15 Å². The first kappa shape index (κ1) is 24.5. The summed E-state index contributed by atoms with van der Waals surface area (Å²) in [7, 11) is 1.27. The second-order valence-electron chi connectivity index (χ2n) is 8.71. The van der Waals surface area contributed by atoms with E-state index in [1.54, 1.807) is 30.5 Å². The monoisotopic (exact) mass is 512 g/mol. The van der Waals surface area contributed by atoms with Gasteiger partial charge in [-0.25, -0.2) is 4.79 Å². The number of rotatable bonds is 7. The van der Waals surface area contributed by atoms with Gasteiger partial charge in [0.25, 0.3) is 0 Å². The number of aromatic nitrogens is 1. The lowest BCUT2D eigenvalue weighted by molar-refractivity contribution is -0.144. The highest BCUT2D eigenvalue weighted by Gasteiger charge is 2.23. The number of aromatic hydroxyl groups is 3. The molecule has 0 spiro atoms. The Labute approximate surface area is 216 Å². The van der Waals surface area contributed by atoms with Crippen LogP contribution in [0, 0.1) is 0 Å². The Morgan fingerprint density at radius 3 is 2.58 bits per heavy atom. The van der Waals surface area contributed by atoms with Crippen molar-refractivity contribution in [2.45, 2.75) is 12.5 Å². The zero-order valence-electron chi connectivity index (χ0n) is 20.3. The number of para-hydroxylation sites is 1. The Bertz CT molecular complexity index is 1700. The second kappa shape index (κ2) is 10.1. The first-order valence-electron chi connectivity index (χ1n) is 11.7. The summed E-state index contributed by atoms with van der Waals surface area (Å²) in [6.45, 7) is 0. The van der Waals surface area contributed by atoms with Crippen LogP contribution in [0.2, 0.25) is 0 Å². The average molecular weight is 513 g/mol. The third kappa shape index (κ3) is 4.77. The van der Waals surface area contributed by atoms with Crippen molar-refractivity contribution in [1.82, 2.24) is 10.3 Å². The normalized spacial score (nSPS) is 12.2. The van der Waals surface area contributed by atoms with Crippen LogP contribution in [0.3, 0.4) is 0 Å². The summed E-state index contributed by atoms with van der Waals surface area (Å²) in [4.78, 5) is 28.4. The molecule has 192 valence electrons. The molecule has 0 bridgehead atoms.